The van der Waals surface area contributed by atoms with Crippen LogP contribution in [0.1, 0.15) is 29.9 Å². The van der Waals surface area contributed by atoms with Gasteiger partial charge in [0.25, 0.3) is 5.56 Å². The number of aryl methyl sites for hydroxylation is 1. The summed E-state index contributed by atoms with van der Waals surface area (Å²) in [4.78, 5) is 20.3. The summed E-state index contributed by atoms with van der Waals surface area (Å²) in [5.41, 5.74) is 2.50. The van der Waals surface area contributed by atoms with Gasteiger partial charge in [-0.1, -0.05) is 55.9 Å². The summed E-state index contributed by atoms with van der Waals surface area (Å²) in [6.45, 7) is 5.59. The maximum atomic E-state index is 13.4. The normalized spacial score (nSPS) is 16.8. The van der Waals surface area contributed by atoms with Crippen molar-refractivity contribution in [3.8, 4) is 0 Å². The van der Waals surface area contributed by atoms with E-state index < -0.39 is 0 Å². The predicted octanol–water partition coefficient (Wildman–Crippen LogP) is 4.52. The van der Waals surface area contributed by atoms with Crippen molar-refractivity contribution in [1.82, 2.24) is 9.55 Å². The molecule has 6 heteroatoms. The van der Waals surface area contributed by atoms with Crippen LogP contribution in [0.25, 0.3) is 10.2 Å². The van der Waals surface area contributed by atoms with E-state index in [1.165, 1.54) is 27.8 Å². The molecule has 0 bridgehead atoms. The van der Waals surface area contributed by atoms with Crippen LogP contribution in [0.2, 0.25) is 0 Å². The van der Waals surface area contributed by atoms with E-state index in [0.29, 0.717) is 19.1 Å². The minimum atomic E-state index is 0.0992. The van der Waals surface area contributed by atoms with Gasteiger partial charge in [0.15, 0.2) is 5.16 Å². The molecule has 1 unspecified atom stereocenters. The van der Waals surface area contributed by atoms with E-state index in [0.717, 1.165) is 28.2 Å². The van der Waals surface area contributed by atoms with E-state index in [2.05, 4.69) is 26.0 Å². The van der Waals surface area contributed by atoms with Crippen LogP contribution >= 0.6 is 23.1 Å². The highest BCUT2D eigenvalue weighted by molar-refractivity contribution is 7.98. The molecule has 2 aromatic heterocycles. The Morgan fingerprint density at radius 3 is 2.81 bits per heavy atom. The van der Waals surface area contributed by atoms with Gasteiger partial charge in [-0.2, -0.15) is 0 Å². The van der Waals surface area contributed by atoms with Crippen molar-refractivity contribution in [3.05, 3.63) is 56.7 Å². The minimum Gasteiger partial charge on any atom is -0.372 e. The van der Waals surface area contributed by atoms with Crippen LogP contribution in [0, 0.1) is 5.92 Å². The number of hydrogen-bond donors (Lipinski definition) is 0. The van der Waals surface area contributed by atoms with Gasteiger partial charge >= 0.3 is 0 Å². The van der Waals surface area contributed by atoms with Crippen molar-refractivity contribution in [1.29, 1.82) is 0 Å². The lowest BCUT2D eigenvalue weighted by Gasteiger charge is -2.26. The van der Waals surface area contributed by atoms with Crippen LogP contribution in [-0.4, -0.2) is 21.9 Å². The first-order valence-electron chi connectivity index (χ1n) is 9.33. The van der Waals surface area contributed by atoms with E-state index in [-0.39, 0.29) is 11.7 Å². The molecule has 142 valence electrons. The first-order chi connectivity index (χ1) is 13.1. The van der Waals surface area contributed by atoms with Gasteiger partial charge in [-0.25, -0.2) is 4.98 Å². The Balaban J connectivity index is 1.76. The van der Waals surface area contributed by atoms with Crippen molar-refractivity contribution >= 4 is 33.3 Å². The van der Waals surface area contributed by atoms with E-state index in [9.17, 15) is 4.79 Å². The van der Waals surface area contributed by atoms with E-state index in [4.69, 9.17) is 9.72 Å². The SMILES string of the molecule is CSc1nc2sc3c(c2c(=O)n1CCc1ccccc1)CC(C(C)C)OC3. The van der Waals surface area contributed by atoms with Gasteiger partial charge in [-0.15, -0.1) is 11.3 Å². The molecule has 0 radical (unpaired) electrons. The number of ether oxygens (including phenoxy) is 1. The molecule has 0 saturated carbocycles. The third-order valence-electron chi connectivity index (χ3n) is 5.19. The summed E-state index contributed by atoms with van der Waals surface area (Å²) in [5.74, 6) is 0.437. The van der Waals surface area contributed by atoms with Crippen LogP contribution in [0.5, 0.6) is 0 Å². The van der Waals surface area contributed by atoms with Crippen molar-refractivity contribution in [2.45, 2.75) is 51.1 Å². The molecule has 0 amide bonds. The lowest BCUT2D eigenvalue weighted by atomic mass is 9.96. The lowest BCUT2D eigenvalue weighted by Crippen LogP contribution is -2.28. The molecular weight excluding hydrogens is 376 g/mol. The molecule has 4 nitrogen and oxygen atoms in total. The van der Waals surface area contributed by atoms with Gasteiger partial charge in [0, 0.05) is 17.8 Å². The molecule has 0 N–H and O–H groups in total. The fourth-order valence-electron chi connectivity index (χ4n) is 3.61. The first kappa shape index (κ1) is 18.7. The van der Waals surface area contributed by atoms with Crippen molar-refractivity contribution in [2.24, 2.45) is 5.92 Å². The first-order valence-corrected chi connectivity index (χ1v) is 11.4. The van der Waals surface area contributed by atoms with Gasteiger partial charge in [0.05, 0.1) is 18.1 Å². The average molecular weight is 401 g/mol. The zero-order valence-electron chi connectivity index (χ0n) is 15.9. The highest BCUT2D eigenvalue weighted by Crippen LogP contribution is 2.35. The fourth-order valence-corrected chi connectivity index (χ4v) is 5.36. The van der Waals surface area contributed by atoms with E-state index in [1.807, 2.05) is 29.0 Å². The number of aromatic nitrogens is 2. The average Bonchev–Trinajstić information content (AvgIpc) is 3.05. The van der Waals surface area contributed by atoms with Gasteiger partial charge in [0.2, 0.25) is 0 Å². The molecule has 0 aliphatic carbocycles. The number of rotatable bonds is 5. The summed E-state index contributed by atoms with van der Waals surface area (Å²) in [7, 11) is 0. The Kier molecular flexibility index (Phi) is 5.39. The third-order valence-corrected chi connectivity index (χ3v) is 6.96. The smallest absolute Gasteiger partial charge is 0.263 e. The van der Waals surface area contributed by atoms with Crippen LogP contribution in [0.4, 0.5) is 0 Å². The molecule has 1 aromatic carbocycles. The number of thiophene rings is 1. The molecule has 27 heavy (non-hydrogen) atoms. The summed E-state index contributed by atoms with van der Waals surface area (Å²) in [5, 5.41) is 1.61. The Bertz CT molecular complexity index is 1010. The van der Waals surface area contributed by atoms with Crippen LogP contribution in [0.15, 0.2) is 40.3 Å². The highest BCUT2D eigenvalue weighted by Gasteiger charge is 2.28. The number of hydrogen-bond acceptors (Lipinski definition) is 5. The van der Waals surface area contributed by atoms with Gasteiger partial charge in [-0.05, 0) is 29.7 Å². The number of nitrogens with zero attached hydrogens (tertiary/aromatic N) is 2. The Morgan fingerprint density at radius 1 is 1.33 bits per heavy atom. The van der Waals surface area contributed by atoms with E-state index >= 15 is 0 Å². The van der Waals surface area contributed by atoms with Crippen LogP contribution in [0.3, 0.4) is 0 Å². The molecule has 1 aliphatic rings. The van der Waals surface area contributed by atoms with Crippen molar-refractivity contribution in [3.63, 3.8) is 0 Å². The maximum Gasteiger partial charge on any atom is 0.263 e. The Labute approximate surface area is 167 Å². The van der Waals surface area contributed by atoms with Crippen LogP contribution < -0.4 is 5.56 Å². The van der Waals surface area contributed by atoms with Gasteiger partial charge in [0.1, 0.15) is 4.83 Å². The van der Waals surface area contributed by atoms with Crippen molar-refractivity contribution < 1.29 is 4.74 Å². The molecule has 3 aromatic rings. The largest absolute Gasteiger partial charge is 0.372 e. The summed E-state index contributed by atoms with van der Waals surface area (Å²) in [6.07, 6.45) is 3.79. The predicted molar refractivity (Wildman–Crippen MR) is 113 cm³/mol. The third kappa shape index (κ3) is 3.58. The fraction of sp³-hybridized carbons (Fsp3) is 0.429. The number of fused-ring (bicyclic) bond motifs is 3. The van der Waals surface area contributed by atoms with Gasteiger partial charge in [-0.3, -0.25) is 9.36 Å². The topological polar surface area (TPSA) is 44.1 Å². The second-order valence-corrected chi connectivity index (χ2v) is 9.13. The standard InChI is InChI=1S/C21H24N2O2S2/c1-13(2)16-11-15-17(12-25-16)27-19-18(15)20(24)23(21(22-19)26-3)10-9-14-7-5-4-6-8-14/h4-8,13,16H,9-12H2,1-3H3. The zero-order chi connectivity index (χ0) is 19.0. The van der Waals surface area contributed by atoms with Crippen molar-refractivity contribution in [2.75, 3.05) is 6.26 Å². The quantitative estimate of drug-likeness (QED) is 0.467. The molecule has 0 saturated heterocycles. The zero-order valence-corrected chi connectivity index (χ0v) is 17.5. The minimum absolute atomic E-state index is 0.0992. The Hall–Kier alpha value is -1.63. The molecule has 1 aliphatic heterocycles. The number of thioether (sulfide) groups is 1. The monoisotopic (exact) mass is 400 g/mol. The second kappa shape index (κ2) is 7.78. The molecular formula is C21H24N2O2S2. The van der Waals surface area contributed by atoms with Gasteiger partial charge < -0.3 is 4.74 Å². The van der Waals surface area contributed by atoms with Crippen LogP contribution in [-0.2, 0) is 30.7 Å². The second-order valence-electron chi connectivity index (χ2n) is 7.27. The molecule has 0 spiro atoms. The summed E-state index contributed by atoms with van der Waals surface area (Å²) < 4.78 is 7.85. The lowest BCUT2D eigenvalue weighted by molar-refractivity contribution is 0.00200. The molecule has 1 atom stereocenters. The molecule has 4 rings (SSSR count). The van der Waals surface area contributed by atoms with E-state index in [1.54, 1.807) is 11.3 Å². The molecule has 3 heterocycles. The highest BCUT2D eigenvalue weighted by atomic mass is 32.2. The molecule has 0 fully saturated rings. The summed E-state index contributed by atoms with van der Waals surface area (Å²) in [6, 6.07) is 10.3. The number of benzene rings is 1. The maximum absolute atomic E-state index is 13.4. The Morgan fingerprint density at radius 2 is 2.11 bits per heavy atom. The summed E-state index contributed by atoms with van der Waals surface area (Å²) >= 11 is 3.16.